The van der Waals surface area contributed by atoms with Crippen LogP contribution in [0.2, 0.25) is 0 Å². The number of nitrogens with two attached hydrogens (primary N) is 1. The standard InChI is InChI=1S/C8H10N2O6S/c9-17(14,15)4-3-10-7(11)5-1-2-6(16-5)8(12)13/h1-2H,3-4H2,(H,10,11)(H,12,13)(H2,9,14,15). The van der Waals surface area contributed by atoms with Crippen molar-refractivity contribution in [3.05, 3.63) is 23.7 Å². The van der Waals surface area contributed by atoms with Crippen LogP contribution in [0.4, 0.5) is 0 Å². The van der Waals surface area contributed by atoms with Gasteiger partial charge in [0.05, 0.1) is 5.75 Å². The quantitative estimate of drug-likeness (QED) is 0.621. The fourth-order valence-corrected chi connectivity index (χ4v) is 1.36. The number of sulfonamides is 1. The van der Waals surface area contributed by atoms with Crippen LogP contribution in [0.25, 0.3) is 0 Å². The third-order valence-corrected chi connectivity index (χ3v) is 2.49. The summed E-state index contributed by atoms with van der Waals surface area (Å²) in [4.78, 5) is 21.8. The molecule has 94 valence electrons. The van der Waals surface area contributed by atoms with E-state index in [1.54, 1.807) is 0 Å². The number of rotatable bonds is 5. The highest BCUT2D eigenvalue weighted by atomic mass is 32.2. The molecule has 1 amide bonds. The van der Waals surface area contributed by atoms with Gasteiger partial charge in [0.15, 0.2) is 5.76 Å². The number of carbonyl (C=O) groups is 2. The Morgan fingerprint density at radius 1 is 1.35 bits per heavy atom. The first-order valence-corrected chi connectivity index (χ1v) is 6.13. The summed E-state index contributed by atoms with van der Waals surface area (Å²) in [6, 6.07) is 2.30. The minimum absolute atomic E-state index is 0.180. The Bertz CT molecular complexity index is 532. The number of primary sulfonamides is 1. The van der Waals surface area contributed by atoms with Gasteiger partial charge in [-0.1, -0.05) is 0 Å². The summed E-state index contributed by atoms with van der Waals surface area (Å²) in [6.45, 7) is -0.180. The van der Waals surface area contributed by atoms with Crippen LogP contribution in [0.3, 0.4) is 0 Å². The zero-order valence-corrected chi connectivity index (χ0v) is 9.36. The van der Waals surface area contributed by atoms with E-state index in [1.807, 2.05) is 0 Å². The Hall–Kier alpha value is -1.87. The maximum atomic E-state index is 11.3. The van der Waals surface area contributed by atoms with Gasteiger partial charge in [-0.3, -0.25) is 4.79 Å². The summed E-state index contributed by atoms with van der Waals surface area (Å²) in [5, 5.41) is 15.5. The first-order valence-electron chi connectivity index (χ1n) is 4.41. The number of carbonyl (C=O) groups excluding carboxylic acids is 1. The van der Waals surface area contributed by atoms with Crippen molar-refractivity contribution < 1.29 is 27.5 Å². The average Bonchev–Trinajstić information content (AvgIpc) is 2.63. The Morgan fingerprint density at radius 3 is 2.41 bits per heavy atom. The van der Waals surface area contributed by atoms with Gasteiger partial charge < -0.3 is 14.8 Å². The monoisotopic (exact) mass is 262 g/mol. The van der Waals surface area contributed by atoms with E-state index in [1.165, 1.54) is 6.07 Å². The molecular weight excluding hydrogens is 252 g/mol. The second-order valence-electron chi connectivity index (χ2n) is 3.09. The highest BCUT2D eigenvalue weighted by molar-refractivity contribution is 7.89. The molecule has 1 rings (SSSR count). The fraction of sp³-hybridized carbons (Fsp3) is 0.250. The molecule has 0 bridgehead atoms. The van der Waals surface area contributed by atoms with Crippen LogP contribution in [-0.4, -0.2) is 37.7 Å². The molecule has 17 heavy (non-hydrogen) atoms. The van der Waals surface area contributed by atoms with Crippen molar-refractivity contribution in [2.24, 2.45) is 5.14 Å². The van der Waals surface area contributed by atoms with Crippen LogP contribution in [0, 0.1) is 0 Å². The van der Waals surface area contributed by atoms with Gasteiger partial charge in [-0.25, -0.2) is 18.4 Å². The Kier molecular flexibility index (Phi) is 3.86. The van der Waals surface area contributed by atoms with Crippen molar-refractivity contribution >= 4 is 21.9 Å². The van der Waals surface area contributed by atoms with Crippen molar-refractivity contribution in [2.45, 2.75) is 0 Å². The van der Waals surface area contributed by atoms with Crippen LogP contribution in [0.5, 0.6) is 0 Å². The molecule has 0 radical (unpaired) electrons. The summed E-state index contributed by atoms with van der Waals surface area (Å²) in [6.07, 6.45) is 0. The summed E-state index contributed by atoms with van der Waals surface area (Å²) in [5.74, 6) is -3.00. The first-order chi connectivity index (χ1) is 7.79. The van der Waals surface area contributed by atoms with E-state index < -0.39 is 27.7 Å². The summed E-state index contributed by atoms with van der Waals surface area (Å²) >= 11 is 0. The number of carboxylic acids is 1. The molecule has 0 aliphatic carbocycles. The van der Waals surface area contributed by atoms with E-state index in [4.69, 9.17) is 14.7 Å². The van der Waals surface area contributed by atoms with E-state index in [0.717, 1.165) is 6.07 Å². The second kappa shape index (κ2) is 4.97. The van der Waals surface area contributed by atoms with Crippen LogP contribution in [-0.2, 0) is 10.0 Å². The number of carboxylic acid groups (broad SMARTS) is 1. The van der Waals surface area contributed by atoms with Crippen molar-refractivity contribution in [1.29, 1.82) is 0 Å². The van der Waals surface area contributed by atoms with Crippen molar-refractivity contribution in [3.63, 3.8) is 0 Å². The molecule has 1 heterocycles. The molecule has 0 spiro atoms. The van der Waals surface area contributed by atoms with Gasteiger partial charge >= 0.3 is 5.97 Å². The molecule has 0 saturated heterocycles. The summed E-state index contributed by atoms with van der Waals surface area (Å²) in [5.41, 5.74) is 0. The number of hydrogen-bond donors (Lipinski definition) is 3. The highest BCUT2D eigenvalue weighted by Gasteiger charge is 2.14. The molecule has 9 heteroatoms. The zero-order chi connectivity index (χ0) is 13.1. The van der Waals surface area contributed by atoms with Crippen LogP contribution < -0.4 is 10.5 Å². The van der Waals surface area contributed by atoms with E-state index >= 15 is 0 Å². The van der Waals surface area contributed by atoms with E-state index in [9.17, 15) is 18.0 Å². The van der Waals surface area contributed by atoms with Gasteiger partial charge in [0.2, 0.25) is 15.8 Å². The van der Waals surface area contributed by atoms with Crippen molar-refractivity contribution in [2.75, 3.05) is 12.3 Å². The molecule has 0 fully saturated rings. The molecule has 4 N–H and O–H groups in total. The van der Waals surface area contributed by atoms with Gasteiger partial charge in [0.25, 0.3) is 5.91 Å². The molecule has 8 nitrogen and oxygen atoms in total. The van der Waals surface area contributed by atoms with E-state index in [2.05, 4.69) is 5.32 Å². The van der Waals surface area contributed by atoms with Gasteiger partial charge in [0, 0.05) is 6.54 Å². The predicted octanol–water partition coefficient (Wildman–Crippen LogP) is -1.00. The predicted molar refractivity (Wildman–Crippen MR) is 56.0 cm³/mol. The van der Waals surface area contributed by atoms with E-state index in [0.29, 0.717) is 0 Å². The first kappa shape index (κ1) is 13.2. The zero-order valence-electron chi connectivity index (χ0n) is 8.54. The molecule has 0 aromatic carbocycles. The van der Waals surface area contributed by atoms with Gasteiger partial charge in [0.1, 0.15) is 0 Å². The van der Waals surface area contributed by atoms with Crippen LogP contribution in [0.1, 0.15) is 21.1 Å². The Morgan fingerprint density at radius 2 is 1.94 bits per heavy atom. The van der Waals surface area contributed by atoms with Gasteiger partial charge in [-0.2, -0.15) is 0 Å². The summed E-state index contributed by atoms with van der Waals surface area (Å²) < 4.78 is 25.8. The topological polar surface area (TPSA) is 140 Å². The highest BCUT2D eigenvalue weighted by Crippen LogP contribution is 2.07. The molecule has 1 aromatic rings. The average molecular weight is 262 g/mol. The third kappa shape index (κ3) is 4.25. The lowest BCUT2D eigenvalue weighted by Crippen LogP contribution is -2.31. The lowest BCUT2D eigenvalue weighted by atomic mass is 10.4. The maximum absolute atomic E-state index is 11.3. The molecule has 0 unspecified atom stereocenters. The number of amides is 1. The minimum atomic E-state index is -3.65. The normalized spacial score (nSPS) is 11.1. The molecule has 0 saturated carbocycles. The number of aromatic carboxylic acids is 1. The number of furan rings is 1. The lowest BCUT2D eigenvalue weighted by molar-refractivity contribution is 0.0659. The SMILES string of the molecule is NS(=O)(=O)CCNC(=O)c1ccc(C(=O)O)o1. The number of hydrogen-bond acceptors (Lipinski definition) is 5. The molecule has 0 atom stereocenters. The largest absolute Gasteiger partial charge is 0.475 e. The minimum Gasteiger partial charge on any atom is -0.475 e. The van der Waals surface area contributed by atoms with Crippen LogP contribution in [0.15, 0.2) is 16.5 Å². The second-order valence-corrected chi connectivity index (χ2v) is 4.83. The molecule has 1 aromatic heterocycles. The fourth-order valence-electron chi connectivity index (χ4n) is 0.969. The lowest BCUT2D eigenvalue weighted by Gasteiger charge is -2.01. The maximum Gasteiger partial charge on any atom is 0.371 e. The Balaban J connectivity index is 2.55. The summed E-state index contributed by atoms with van der Waals surface area (Å²) in [7, 11) is -3.65. The van der Waals surface area contributed by atoms with Crippen molar-refractivity contribution in [1.82, 2.24) is 5.32 Å². The van der Waals surface area contributed by atoms with Gasteiger partial charge in [-0.15, -0.1) is 0 Å². The van der Waals surface area contributed by atoms with E-state index in [-0.39, 0.29) is 18.1 Å². The molecule has 0 aliphatic heterocycles. The smallest absolute Gasteiger partial charge is 0.371 e. The van der Waals surface area contributed by atoms with Crippen LogP contribution >= 0.6 is 0 Å². The van der Waals surface area contributed by atoms with Crippen molar-refractivity contribution in [3.8, 4) is 0 Å². The molecular formula is C8H10N2O6S. The third-order valence-electron chi connectivity index (χ3n) is 1.71. The number of nitrogens with one attached hydrogen (secondary N) is 1. The van der Waals surface area contributed by atoms with Gasteiger partial charge in [-0.05, 0) is 12.1 Å². The Labute approximate surface area is 96.5 Å². The molecule has 0 aliphatic rings.